The molecular formula is C24H19F4N7O3. The summed E-state index contributed by atoms with van der Waals surface area (Å²) < 4.78 is 56.7. The Balaban J connectivity index is 1.44. The van der Waals surface area contributed by atoms with E-state index in [9.17, 15) is 31.9 Å². The first-order valence-electron chi connectivity index (χ1n) is 11.5. The fourth-order valence-corrected chi connectivity index (χ4v) is 5.23. The number of fused-ring (bicyclic) bond motifs is 1. The van der Waals surface area contributed by atoms with Crippen LogP contribution in [0.3, 0.4) is 0 Å². The number of Topliss-reactive ketones (excluding diaryl/α,β-unsaturated/α-hetero) is 1. The Kier molecular flexibility index (Phi) is 5.81. The van der Waals surface area contributed by atoms with Crippen LogP contribution in [-0.2, 0) is 23.3 Å². The largest absolute Gasteiger partial charge is 0.340 e. The number of aromatic amines is 1. The van der Waals surface area contributed by atoms with Crippen LogP contribution in [0, 0.1) is 29.9 Å². The van der Waals surface area contributed by atoms with Crippen LogP contribution in [0.2, 0.25) is 0 Å². The van der Waals surface area contributed by atoms with Crippen molar-refractivity contribution in [2.24, 2.45) is 0 Å². The number of nitriles is 1. The SMILES string of the molecule is Cc1c(C(=O)C(=O)NC2(c3cn[nH]n3)CC(F)(F)C2)c2n(c1C(=O)Nc1cc(F)c(F)c(C#N)c1)CCC2. The lowest BCUT2D eigenvalue weighted by Crippen LogP contribution is -2.61. The minimum atomic E-state index is -3.06. The summed E-state index contributed by atoms with van der Waals surface area (Å²) in [5, 5.41) is 23.5. The van der Waals surface area contributed by atoms with Crippen molar-refractivity contribution in [2.75, 3.05) is 5.32 Å². The number of anilines is 1. The number of nitrogens with zero attached hydrogens (tertiary/aromatic N) is 4. The van der Waals surface area contributed by atoms with Gasteiger partial charge in [0.2, 0.25) is 0 Å². The van der Waals surface area contributed by atoms with Crippen molar-refractivity contribution in [3.05, 3.63) is 63.7 Å². The zero-order valence-corrected chi connectivity index (χ0v) is 19.8. The summed E-state index contributed by atoms with van der Waals surface area (Å²) >= 11 is 0. The molecule has 196 valence electrons. The highest BCUT2D eigenvalue weighted by Gasteiger charge is 2.60. The van der Waals surface area contributed by atoms with Crippen LogP contribution in [-0.4, -0.2) is 43.5 Å². The summed E-state index contributed by atoms with van der Waals surface area (Å²) in [6.07, 6.45) is 0.616. The lowest BCUT2D eigenvalue weighted by Gasteiger charge is -2.46. The summed E-state index contributed by atoms with van der Waals surface area (Å²) in [7, 11) is 0. The number of rotatable bonds is 6. The Morgan fingerprint density at radius 1 is 1.21 bits per heavy atom. The fraction of sp³-hybridized carbons (Fsp3) is 0.333. The van der Waals surface area contributed by atoms with Gasteiger partial charge in [0.05, 0.1) is 22.9 Å². The minimum absolute atomic E-state index is 0.0262. The minimum Gasteiger partial charge on any atom is -0.340 e. The number of benzene rings is 1. The van der Waals surface area contributed by atoms with E-state index in [1.165, 1.54) is 19.2 Å². The van der Waals surface area contributed by atoms with E-state index in [4.69, 9.17) is 5.26 Å². The van der Waals surface area contributed by atoms with Crippen LogP contribution in [0.1, 0.15) is 62.6 Å². The molecule has 2 amide bonds. The number of ketones is 1. The van der Waals surface area contributed by atoms with Crippen molar-refractivity contribution >= 4 is 23.3 Å². The second-order valence-electron chi connectivity index (χ2n) is 9.37. The number of hydrogen-bond donors (Lipinski definition) is 3. The quantitative estimate of drug-likeness (QED) is 0.254. The highest BCUT2D eigenvalue weighted by molar-refractivity contribution is 6.44. The van der Waals surface area contributed by atoms with Gasteiger partial charge in [-0.2, -0.15) is 20.7 Å². The molecule has 1 aliphatic carbocycles. The second kappa shape index (κ2) is 8.79. The van der Waals surface area contributed by atoms with Crippen molar-refractivity contribution in [2.45, 2.75) is 50.6 Å². The topological polar surface area (TPSA) is 146 Å². The zero-order chi connectivity index (χ0) is 27.4. The number of aromatic nitrogens is 4. The molecule has 3 N–H and O–H groups in total. The van der Waals surface area contributed by atoms with Gasteiger partial charge in [-0.05, 0) is 31.4 Å². The molecule has 1 fully saturated rings. The molecule has 1 aliphatic heterocycles. The summed E-state index contributed by atoms with van der Waals surface area (Å²) in [5.41, 5.74) is -1.72. The molecule has 0 atom stereocenters. The number of hydrogen-bond acceptors (Lipinski definition) is 6. The molecule has 3 heterocycles. The third kappa shape index (κ3) is 4.00. The van der Waals surface area contributed by atoms with Gasteiger partial charge in [-0.3, -0.25) is 14.4 Å². The molecule has 0 bridgehead atoms. The van der Waals surface area contributed by atoms with Crippen LogP contribution >= 0.6 is 0 Å². The van der Waals surface area contributed by atoms with E-state index in [-0.39, 0.29) is 28.2 Å². The normalized spacial score (nSPS) is 16.7. The summed E-state index contributed by atoms with van der Waals surface area (Å²) in [5.74, 6) is -8.65. The number of carbonyl (C=O) groups is 3. The maximum atomic E-state index is 13.9. The van der Waals surface area contributed by atoms with Gasteiger partial charge in [-0.1, -0.05) is 0 Å². The van der Waals surface area contributed by atoms with Crippen LogP contribution in [0.25, 0.3) is 0 Å². The second-order valence-corrected chi connectivity index (χ2v) is 9.37. The van der Waals surface area contributed by atoms with E-state index in [2.05, 4.69) is 26.0 Å². The van der Waals surface area contributed by atoms with Gasteiger partial charge in [0.1, 0.15) is 17.5 Å². The predicted octanol–water partition coefficient (Wildman–Crippen LogP) is 2.89. The molecule has 2 aliphatic rings. The maximum Gasteiger partial charge on any atom is 0.293 e. The Hall–Kier alpha value is -4.54. The summed E-state index contributed by atoms with van der Waals surface area (Å²) in [6.45, 7) is 1.81. The van der Waals surface area contributed by atoms with Crippen LogP contribution < -0.4 is 10.6 Å². The number of nitrogens with one attached hydrogen (secondary N) is 3. The van der Waals surface area contributed by atoms with Crippen LogP contribution in [0.4, 0.5) is 23.2 Å². The van der Waals surface area contributed by atoms with Crippen LogP contribution in [0.5, 0.6) is 0 Å². The maximum absolute atomic E-state index is 13.9. The van der Waals surface area contributed by atoms with Gasteiger partial charge in [-0.15, -0.1) is 0 Å². The number of alkyl halides is 2. The first-order valence-corrected chi connectivity index (χ1v) is 11.5. The number of amides is 2. The molecule has 0 saturated heterocycles. The molecule has 0 unspecified atom stereocenters. The first-order chi connectivity index (χ1) is 18.0. The van der Waals surface area contributed by atoms with E-state index in [1.54, 1.807) is 4.57 Å². The Labute approximate surface area is 212 Å². The Morgan fingerprint density at radius 2 is 1.95 bits per heavy atom. The van der Waals surface area contributed by atoms with E-state index in [0.717, 1.165) is 6.07 Å². The number of halogens is 4. The third-order valence-electron chi connectivity index (χ3n) is 6.84. The van der Waals surface area contributed by atoms with Crippen molar-refractivity contribution < 1.29 is 31.9 Å². The molecule has 14 heteroatoms. The Morgan fingerprint density at radius 3 is 2.58 bits per heavy atom. The van der Waals surface area contributed by atoms with E-state index in [1.807, 2.05) is 0 Å². The average Bonchev–Trinajstić information content (AvgIpc) is 3.57. The summed E-state index contributed by atoms with van der Waals surface area (Å²) in [6, 6.07) is 3.19. The molecule has 38 heavy (non-hydrogen) atoms. The van der Waals surface area contributed by atoms with E-state index >= 15 is 0 Å². The Bertz CT molecular complexity index is 1530. The molecular weight excluding hydrogens is 510 g/mol. The lowest BCUT2D eigenvalue weighted by atomic mass is 9.71. The van der Waals surface area contributed by atoms with E-state index < -0.39 is 59.1 Å². The molecule has 2 aromatic heterocycles. The first kappa shape index (κ1) is 25.1. The van der Waals surface area contributed by atoms with Crippen molar-refractivity contribution in [1.29, 1.82) is 5.26 Å². The zero-order valence-electron chi connectivity index (χ0n) is 19.8. The average molecular weight is 529 g/mol. The summed E-state index contributed by atoms with van der Waals surface area (Å²) in [4.78, 5) is 39.5. The van der Waals surface area contributed by atoms with Gasteiger partial charge in [0.15, 0.2) is 11.6 Å². The molecule has 0 spiro atoms. The van der Waals surface area contributed by atoms with Crippen LogP contribution in [0.15, 0.2) is 18.3 Å². The highest BCUT2D eigenvalue weighted by atomic mass is 19.3. The molecule has 10 nitrogen and oxygen atoms in total. The predicted molar refractivity (Wildman–Crippen MR) is 121 cm³/mol. The molecule has 0 radical (unpaired) electrons. The lowest BCUT2D eigenvalue weighted by molar-refractivity contribution is -0.148. The standard InChI is InChI=1S/C24H19F4N7O3/c1-11-17(20(36)22(38)32-23(9-24(27,28)10-23)16-8-30-34-33-16)15-3-2-4-35(15)19(11)21(37)31-13-5-12(7-29)18(26)14(25)6-13/h5-6,8H,2-4,9-10H2,1H3,(H,31,37)(H,32,38)(H,30,33,34). The highest BCUT2D eigenvalue weighted by Crippen LogP contribution is 2.51. The number of H-pyrrole nitrogens is 1. The van der Waals surface area contributed by atoms with Crippen molar-refractivity contribution in [1.82, 2.24) is 25.3 Å². The van der Waals surface area contributed by atoms with Crippen molar-refractivity contribution in [3.63, 3.8) is 0 Å². The molecule has 1 saturated carbocycles. The van der Waals surface area contributed by atoms with Gasteiger partial charge in [-0.25, -0.2) is 17.6 Å². The van der Waals surface area contributed by atoms with Gasteiger partial charge in [0.25, 0.3) is 23.5 Å². The van der Waals surface area contributed by atoms with Gasteiger partial charge in [0, 0.05) is 36.8 Å². The number of carbonyl (C=O) groups excluding carboxylic acids is 3. The van der Waals surface area contributed by atoms with Crippen molar-refractivity contribution in [3.8, 4) is 6.07 Å². The fourth-order valence-electron chi connectivity index (χ4n) is 5.23. The molecule has 3 aromatic rings. The monoisotopic (exact) mass is 529 g/mol. The van der Waals surface area contributed by atoms with Gasteiger partial charge < -0.3 is 15.2 Å². The van der Waals surface area contributed by atoms with E-state index in [0.29, 0.717) is 31.1 Å². The molecule has 1 aromatic carbocycles. The van der Waals surface area contributed by atoms with Gasteiger partial charge >= 0.3 is 0 Å². The third-order valence-corrected chi connectivity index (χ3v) is 6.84. The smallest absolute Gasteiger partial charge is 0.293 e. The molecule has 5 rings (SSSR count).